The molecule has 0 saturated carbocycles. The predicted molar refractivity (Wildman–Crippen MR) is 86.6 cm³/mol. The molecule has 0 spiro atoms. The van der Waals surface area contributed by atoms with Gasteiger partial charge < -0.3 is 15.7 Å². The SMILES string of the molecule is CCN(CC(C)(C)O)c1snc(N)c1-c1nc(C)cs1. The number of hydrogen-bond acceptors (Lipinski definition) is 7. The Morgan fingerprint density at radius 1 is 1.45 bits per heavy atom. The van der Waals surface area contributed by atoms with Crippen LogP contribution in [0.5, 0.6) is 0 Å². The first-order chi connectivity index (χ1) is 9.31. The van der Waals surface area contributed by atoms with Gasteiger partial charge in [-0.05, 0) is 39.2 Å². The maximum atomic E-state index is 10.1. The van der Waals surface area contributed by atoms with Crippen LogP contribution in [0.2, 0.25) is 0 Å². The summed E-state index contributed by atoms with van der Waals surface area (Å²) in [6.07, 6.45) is 0. The van der Waals surface area contributed by atoms with Crippen LogP contribution in [0.25, 0.3) is 10.6 Å². The van der Waals surface area contributed by atoms with Crippen LogP contribution in [0.15, 0.2) is 5.38 Å². The second-order valence-electron chi connectivity index (χ2n) is 5.37. The third kappa shape index (κ3) is 3.28. The number of hydrogen-bond donors (Lipinski definition) is 2. The summed E-state index contributed by atoms with van der Waals surface area (Å²) in [4.78, 5) is 6.60. The molecule has 5 nitrogen and oxygen atoms in total. The van der Waals surface area contributed by atoms with Crippen LogP contribution < -0.4 is 10.6 Å². The van der Waals surface area contributed by atoms with Gasteiger partial charge in [-0.15, -0.1) is 11.3 Å². The number of nitrogens with two attached hydrogens (primary N) is 1. The highest BCUT2D eigenvalue weighted by Crippen LogP contribution is 2.40. The van der Waals surface area contributed by atoms with E-state index in [0.717, 1.165) is 27.8 Å². The lowest BCUT2D eigenvalue weighted by Gasteiger charge is -2.29. The van der Waals surface area contributed by atoms with Gasteiger partial charge in [0.15, 0.2) is 0 Å². The Kier molecular flexibility index (Phi) is 4.31. The summed E-state index contributed by atoms with van der Waals surface area (Å²) in [6, 6.07) is 0. The molecule has 2 heterocycles. The lowest BCUT2D eigenvalue weighted by molar-refractivity contribution is 0.0877. The Morgan fingerprint density at radius 3 is 2.65 bits per heavy atom. The molecule has 2 aromatic rings. The molecular weight excluding hydrogens is 292 g/mol. The van der Waals surface area contributed by atoms with Gasteiger partial charge in [0.1, 0.15) is 15.8 Å². The zero-order valence-electron chi connectivity index (χ0n) is 12.2. The van der Waals surface area contributed by atoms with Gasteiger partial charge in [-0.3, -0.25) is 0 Å². The molecular formula is C13H20N4OS2. The van der Waals surface area contributed by atoms with Gasteiger partial charge in [0.25, 0.3) is 0 Å². The van der Waals surface area contributed by atoms with Crippen molar-refractivity contribution in [2.45, 2.75) is 33.3 Å². The normalized spacial score (nSPS) is 11.8. The molecule has 0 fully saturated rings. The number of anilines is 2. The van der Waals surface area contributed by atoms with E-state index in [1.807, 2.05) is 12.3 Å². The summed E-state index contributed by atoms with van der Waals surface area (Å²) >= 11 is 2.93. The van der Waals surface area contributed by atoms with E-state index >= 15 is 0 Å². The molecule has 0 unspecified atom stereocenters. The zero-order chi connectivity index (χ0) is 14.9. The van der Waals surface area contributed by atoms with Crippen LogP contribution in [-0.4, -0.2) is 33.2 Å². The van der Waals surface area contributed by atoms with Crippen LogP contribution in [0.1, 0.15) is 26.5 Å². The van der Waals surface area contributed by atoms with E-state index in [1.54, 1.807) is 25.2 Å². The first-order valence-corrected chi connectivity index (χ1v) is 8.12. The molecule has 0 aliphatic rings. The minimum Gasteiger partial charge on any atom is -0.389 e. The third-order valence-corrected chi connectivity index (χ3v) is 4.68. The van der Waals surface area contributed by atoms with Crippen LogP contribution >= 0.6 is 22.9 Å². The van der Waals surface area contributed by atoms with Gasteiger partial charge in [-0.25, -0.2) is 4.98 Å². The van der Waals surface area contributed by atoms with Crippen molar-refractivity contribution in [3.05, 3.63) is 11.1 Å². The van der Waals surface area contributed by atoms with E-state index in [-0.39, 0.29) is 0 Å². The van der Waals surface area contributed by atoms with E-state index < -0.39 is 5.60 Å². The highest BCUT2D eigenvalue weighted by Gasteiger charge is 2.24. The molecule has 0 aliphatic carbocycles. The fourth-order valence-corrected chi connectivity index (χ4v) is 3.77. The average molecular weight is 312 g/mol. The molecule has 0 aliphatic heterocycles. The molecule has 3 N–H and O–H groups in total. The third-order valence-electron chi connectivity index (χ3n) is 2.78. The van der Waals surface area contributed by atoms with Gasteiger partial charge in [-0.2, -0.15) is 4.37 Å². The van der Waals surface area contributed by atoms with E-state index in [2.05, 4.69) is 21.2 Å². The second kappa shape index (κ2) is 5.67. The largest absolute Gasteiger partial charge is 0.389 e. The Bertz CT molecular complexity index is 585. The summed E-state index contributed by atoms with van der Waals surface area (Å²) < 4.78 is 4.26. The van der Waals surface area contributed by atoms with Crippen LogP contribution in [-0.2, 0) is 0 Å². The van der Waals surface area contributed by atoms with Gasteiger partial charge in [0, 0.05) is 24.2 Å². The molecule has 0 amide bonds. The van der Waals surface area contributed by atoms with Crippen molar-refractivity contribution in [2.75, 3.05) is 23.7 Å². The van der Waals surface area contributed by atoms with Gasteiger partial charge >= 0.3 is 0 Å². The van der Waals surface area contributed by atoms with E-state index in [1.165, 1.54) is 11.5 Å². The topological polar surface area (TPSA) is 75.3 Å². The highest BCUT2D eigenvalue weighted by atomic mass is 32.1. The maximum Gasteiger partial charge on any atom is 0.149 e. The molecule has 0 bridgehead atoms. The number of nitrogens with zero attached hydrogens (tertiary/aromatic N) is 3. The fraction of sp³-hybridized carbons (Fsp3) is 0.538. The Balaban J connectivity index is 2.42. The molecule has 7 heteroatoms. The number of thiazole rings is 1. The number of rotatable bonds is 5. The zero-order valence-corrected chi connectivity index (χ0v) is 13.8. The van der Waals surface area contributed by atoms with E-state index in [0.29, 0.717) is 12.4 Å². The highest BCUT2D eigenvalue weighted by molar-refractivity contribution is 7.15. The van der Waals surface area contributed by atoms with Crippen molar-refractivity contribution in [3.8, 4) is 10.6 Å². The lowest BCUT2D eigenvalue weighted by atomic mass is 10.1. The van der Waals surface area contributed by atoms with E-state index in [9.17, 15) is 5.11 Å². The van der Waals surface area contributed by atoms with Crippen molar-refractivity contribution in [3.63, 3.8) is 0 Å². The summed E-state index contributed by atoms with van der Waals surface area (Å²) in [5, 5.41) is 13.9. The monoisotopic (exact) mass is 312 g/mol. The lowest BCUT2D eigenvalue weighted by Crippen LogP contribution is -2.38. The van der Waals surface area contributed by atoms with Crippen molar-refractivity contribution < 1.29 is 5.11 Å². The standard InChI is InChI=1S/C13H20N4OS2/c1-5-17(7-13(3,4)18)12-9(10(14)16-20-12)11-15-8(2)6-19-11/h6,18H,5,7H2,1-4H3,(H2,14,16). The number of aromatic nitrogens is 2. The first kappa shape index (κ1) is 15.2. The number of aryl methyl sites for hydroxylation is 1. The molecule has 2 aromatic heterocycles. The molecule has 110 valence electrons. The number of nitrogen functional groups attached to an aromatic ring is 1. The van der Waals surface area contributed by atoms with Crippen molar-refractivity contribution >= 4 is 33.7 Å². The molecule has 0 aromatic carbocycles. The Labute approximate surface area is 127 Å². The van der Waals surface area contributed by atoms with Crippen LogP contribution in [0, 0.1) is 6.92 Å². The van der Waals surface area contributed by atoms with E-state index in [4.69, 9.17) is 5.73 Å². The van der Waals surface area contributed by atoms with Crippen LogP contribution in [0.4, 0.5) is 10.8 Å². The number of aliphatic hydroxyl groups is 1. The predicted octanol–water partition coefficient (Wildman–Crippen LogP) is 2.75. The summed E-state index contributed by atoms with van der Waals surface area (Å²) in [7, 11) is 0. The quantitative estimate of drug-likeness (QED) is 0.888. The molecule has 0 atom stereocenters. The van der Waals surface area contributed by atoms with Crippen molar-refractivity contribution in [2.24, 2.45) is 0 Å². The minimum atomic E-state index is -0.773. The molecule has 0 saturated heterocycles. The second-order valence-corrected chi connectivity index (χ2v) is 6.98. The van der Waals surface area contributed by atoms with Gasteiger partial charge in [0.2, 0.25) is 0 Å². The molecule has 2 rings (SSSR count). The van der Waals surface area contributed by atoms with Crippen LogP contribution in [0.3, 0.4) is 0 Å². The smallest absolute Gasteiger partial charge is 0.149 e. The van der Waals surface area contributed by atoms with Crippen molar-refractivity contribution in [1.29, 1.82) is 0 Å². The summed E-state index contributed by atoms with van der Waals surface area (Å²) in [6.45, 7) is 8.93. The Morgan fingerprint density at radius 2 is 2.15 bits per heavy atom. The number of likely N-dealkylation sites (N-methyl/N-ethyl adjacent to an activating group) is 1. The Hall–Kier alpha value is -1.18. The first-order valence-electron chi connectivity index (χ1n) is 6.47. The summed E-state index contributed by atoms with van der Waals surface area (Å²) in [5.41, 5.74) is 7.11. The molecule has 20 heavy (non-hydrogen) atoms. The average Bonchev–Trinajstić information content (AvgIpc) is 2.91. The summed E-state index contributed by atoms with van der Waals surface area (Å²) in [5.74, 6) is 0.508. The minimum absolute atomic E-state index is 0.508. The maximum absolute atomic E-state index is 10.1. The fourth-order valence-electron chi connectivity index (χ4n) is 1.97. The molecule has 0 radical (unpaired) electrons. The van der Waals surface area contributed by atoms with Crippen molar-refractivity contribution in [1.82, 2.24) is 9.36 Å². The van der Waals surface area contributed by atoms with Gasteiger partial charge in [0.05, 0.1) is 11.2 Å². The van der Waals surface area contributed by atoms with Gasteiger partial charge in [-0.1, -0.05) is 0 Å².